The number of benzene rings is 1. The van der Waals surface area contributed by atoms with Crippen LogP contribution in [0.5, 0.6) is 5.75 Å². The number of methoxy groups -OCH3 is 1. The van der Waals surface area contributed by atoms with Crippen molar-refractivity contribution in [1.82, 2.24) is 0 Å². The summed E-state index contributed by atoms with van der Waals surface area (Å²) in [7, 11) is -1.25. The van der Waals surface area contributed by atoms with Crippen LogP contribution in [0.3, 0.4) is 0 Å². The molecular weight excluding hydrogens is 312 g/mol. The summed E-state index contributed by atoms with van der Waals surface area (Å²) in [5, 5.41) is 3.03. The Morgan fingerprint density at radius 2 is 1.48 bits per heavy atom. The Hall–Kier alpha value is -1.07. The first-order valence-electron chi connectivity index (χ1n) is 8.84. The van der Waals surface area contributed by atoms with Gasteiger partial charge in [-0.1, -0.05) is 87.6 Å². The van der Waals surface area contributed by atoms with E-state index < -0.39 is 16.1 Å². The van der Waals surface area contributed by atoms with Crippen LogP contribution in [0.25, 0.3) is 0 Å². The number of hydrogen-bond acceptors (Lipinski definition) is 1. The van der Waals surface area contributed by atoms with Crippen molar-refractivity contribution in [2.45, 2.75) is 58.0 Å². The maximum Gasteiger partial charge on any atom is 0.117 e. The van der Waals surface area contributed by atoms with E-state index >= 15 is 0 Å². The van der Waals surface area contributed by atoms with Crippen molar-refractivity contribution in [2.24, 2.45) is 0 Å². The lowest BCUT2D eigenvalue weighted by molar-refractivity contribution is 0.420. The van der Waals surface area contributed by atoms with Crippen LogP contribution in [-0.2, 0) is 0 Å². The molecule has 1 aromatic rings. The van der Waals surface area contributed by atoms with Gasteiger partial charge in [0.15, 0.2) is 0 Å². The minimum absolute atomic E-state index is 0.600. The lowest BCUT2D eigenvalue weighted by Gasteiger charge is -2.37. The second-order valence-corrected chi connectivity index (χ2v) is 17.8. The van der Waals surface area contributed by atoms with Crippen LogP contribution >= 0.6 is 0 Å². The maximum atomic E-state index is 6.05. The summed E-state index contributed by atoms with van der Waals surface area (Å²) in [5.74, 6) is 1.21. The molecule has 0 saturated heterocycles. The maximum absolute atomic E-state index is 6.05. The first-order chi connectivity index (χ1) is 10.8. The standard InChI is InChI=1S/C20H32OSi2/c1-8-23(9-2,17-12-10-11-13-17)19-15-16(3)14-18(20(19)21-4)22(5,6)7/h10-15,17H,8-9H2,1-7H3. The normalized spacial score (nSPS) is 15.4. The third kappa shape index (κ3) is 3.27. The Bertz CT molecular complexity index is 607. The third-order valence-corrected chi connectivity index (χ3v) is 13.0. The van der Waals surface area contributed by atoms with Crippen molar-refractivity contribution < 1.29 is 4.74 Å². The Balaban J connectivity index is 2.75. The Morgan fingerprint density at radius 3 is 1.91 bits per heavy atom. The molecule has 0 atom stereocenters. The van der Waals surface area contributed by atoms with E-state index in [0.29, 0.717) is 5.54 Å². The minimum atomic E-state index is -1.67. The van der Waals surface area contributed by atoms with Crippen molar-refractivity contribution >= 4 is 26.5 Å². The van der Waals surface area contributed by atoms with Crippen LogP contribution in [-0.4, -0.2) is 23.3 Å². The Labute approximate surface area is 144 Å². The van der Waals surface area contributed by atoms with Gasteiger partial charge in [-0.15, -0.1) is 0 Å². The van der Waals surface area contributed by atoms with Gasteiger partial charge < -0.3 is 4.74 Å². The molecular formula is C20H32OSi2. The molecule has 0 N–H and O–H groups in total. The number of aryl methyl sites for hydroxylation is 1. The monoisotopic (exact) mass is 344 g/mol. The van der Waals surface area contributed by atoms with Gasteiger partial charge in [-0.3, -0.25) is 0 Å². The van der Waals surface area contributed by atoms with E-state index in [9.17, 15) is 0 Å². The molecule has 2 rings (SSSR count). The molecule has 1 nitrogen and oxygen atoms in total. The smallest absolute Gasteiger partial charge is 0.117 e. The van der Waals surface area contributed by atoms with Crippen LogP contribution in [0.4, 0.5) is 0 Å². The van der Waals surface area contributed by atoms with Crippen molar-refractivity contribution in [3.63, 3.8) is 0 Å². The van der Waals surface area contributed by atoms with Crippen LogP contribution in [0, 0.1) is 6.92 Å². The van der Waals surface area contributed by atoms with E-state index in [1.807, 2.05) is 7.11 Å². The zero-order valence-corrected chi connectivity index (χ0v) is 17.9. The molecule has 0 aliphatic heterocycles. The van der Waals surface area contributed by atoms with Gasteiger partial charge in [0.25, 0.3) is 0 Å². The molecule has 1 aromatic carbocycles. The predicted octanol–water partition coefficient (Wildman–Crippen LogP) is 4.74. The summed E-state index contributed by atoms with van der Waals surface area (Å²) >= 11 is 0. The zero-order chi connectivity index (χ0) is 17.3. The van der Waals surface area contributed by atoms with Gasteiger partial charge in [-0.05, 0) is 22.8 Å². The van der Waals surface area contributed by atoms with Crippen molar-refractivity contribution in [1.29, 1.82) is 0 Å². The van der Waals surface area contributed by atoms with E-state index in [1.54, 1.807) is 5.19 Å². The summed E-state index contributed by atoms with van der Waals surface area (Å²) in [6.07, 6.45) is 9.27. The molecule has 23 heavy (non-hydrogen) atoms. The summed E-state index contributed by atoms with van der Waals surface area (Å²) in [5.41, 5.74) is 1.99. The van der Waals surface area contributed by atoms with Crippen LogP contribution < -0.4 is 15.1 Å². The van der Waals surface area contributed by atoms with E-state index in [4.69, 9.17) is 4.74 Å². The van der Waals surface area contributed by atoms with Gasteiger partial charge in [0.2, 0.25) is 0 Å². The molecule has 0 aromatic heterocycles. The fourth-order valence-corrected chi connectivity index (χ4v) is 10.4. The molecule has 0 unspecified atom stereocenters. The molecule has 0 spiro atoms. The molecule has 0 bridgehead atoms. The van der Waals surface area contributed by atoms with Gasteiger partial charge >= 0.3 is 0 Å². The van der Waals surface area contributed by atoms with Crippen LogP contribution in [0.2, 0.25) is 37.3 Å². The highest BCUT2D eigenvalue weighted by atomic mass is 28.3. The number of allylic oxidation sites excluding steroid dienone is 4. The quantitative estimate of drug-likeness (QED) is 0.677. The first kappa shape index (κ1) is 18.3. The third-order valence-electron chi connectivity index (χ3n) is 5.43. The van der Waals surface area contributed by atoms with Crippen LogP contribution in [0.1, 0.15) is 19.4 Å². The fourth-order valence-electron chi connectivity index (χ4n) is 4.00. The fraction of sp³-hybridized carbons (Fsp3) is 0.500. The predicted molar refractivity (Wildman–Crippen MR) is 109 cm³/mol. The number of hydrogen-bond donors (Lipinski definition) is 0. The van der Waals surface area contributed by atoms with E-state index in [0.717, 1.165) is 0 Å². The highest BCUT2D eigenvalue weighted by Crippen LogP contribution is 2.36. The highest BCUT2D eigenvalue weighted by molar-refractivity contribution is 6.96. The largest absolute Gasteiger partial charge is 0.497 e. The summed E-state index contributed by atoms with van der Waals surface area (Å²) < 4.78 is 6.05. The average molecular weight is 345 g/mol. The van der Waals surface area contributed by atoms with Gasteiger partial charge in [-0.25, -0.2) is 0 Å². The van der Waals surface area contributed by atoms with Crippen molar-refractivity contribution in [3.8, 4) is 5.75 Å². The van der Waals surface area contributed by atoms with Gasteiger partial charge in [0.1, 0.15) is 13.8 Å². The second kappa shape index (κ2) is 6.82. The highest BCUT2D eigenvalue weighted by Gasteiger charge is 2.41. The molecule has 3 heteroatoms. The molecule has 0 saturated carbocycles. The summed E-state index contributed by atoms with van der Waals surface area (Å²) in [4.78, 5) is 0. The molecule has 1 aliphatic rings. The molecule has 0 fully saturated rings. The van der Waals surface area contributed by atoms with E-state index in [1.165, 1.54) is 28.6 Å². The number of ether oxygens (including phenoxy) is 1. The first-order valence-corrected chi connectivity index (χ1v) is 14.8. The Kier molecular flexibility index (Phi) is 5.42. The summed E-state index contributed by atoms with van der Waals surface area (Å²) in [6.45, 7) is 14.3. The minimum Gasteiger partial charge on any atom is -0.497 e. The molecule has 0 heterocycles. The number of rotatable bonds is 6. The van der Waals surface area contributed by atoms with E-state index in [-0.39, 0.29) is 0 Å². The Morgan fingerprint density at radius 1 is 0.957 bits per heavy atom. The van der Waals surface area contributed by atoms with Crippen LogP contribution in [0.15, 0.2) is 36.4 Å². The van der Waals surface area contributed by atoms with Crippen molar-refractivity contribution in [2.75, 3.05) is 7.11 Å². The average Bonchev–Trinajstić information content (AvgIpc) is 3.02. The van der Waals surface area contributed by atoms with Gasteiger partial charge in [0.05, 0.1) is 15.2 Å². The topological polar surface area (TPSA) is 9.23 Å². The lowest BCUT2D eigenvalue weighted by atomic mass is 10.2. The van der Waals surface area contributed by atoms with Gasteiger partial charge in [0, 0.05) is 0 Å². The molecule has 0 radical (unpaired) electrons. The van der Waals surface area contributed by atoms with E-state index in [2.05, 4.69) is 76.8 Å². The second-order valence-electron chi connectivity index (χ2n) is 7.80. The SMILES string of the molecule is CC[Si](CC)(c1cc(C)cc([Si](C)(C)C)c1OC)C1C=CC=C1. The molecule has 126 valence electrons. The summed E-state index contributed by atoms with van der Waals surface area (Å²) in [6, 6.07) is 7.32. The zero-order valence-electron chi connectivity index (χ0n) is 15.9. The molecule has 1 aliphatic carbocycles. The molecule has 0 amide bonds. The van der Waals surface area contributed by atoms with Crippen molar-refractivity contribution in [3.05, 3.63) is 42.0 Å². The lowest BCUT2D eigenvalue weighted by Crippen LogP contribution is -2.53. The van der Waals surface area contributed by atoms with Gasteiger partial charge in [-0.2, -0.15) is 0 Å².